The van der Waals surface area contributed by atoms with Gasteiger partial charge in [0, 0.05) is 54.5 Å². The summed E-state index contributed by atoms with van der Waals surface area (Å²) in [7, 11) is 1.63. The van der Waals surface area contributed by atoms with Crippen LogP contribution in [0.2, 0.25) is 0 Å². The van der Waals surface area contributed by atoms with Crippen molar-refractivity contribution in [1.82, 2.24) is 9.88 Å². The van der Waals surface area contributed by atoms with Gasteiger partial charge in [0.05, 0.1) is 31.7 Å². The number of nitrogens with zero attached hydrogens (tertiary/aromatic N) is 2. The first-order valence-electron chi connectivity index (χ1n) is 9.70. The molecule has 1 N–H and O–H groups in total. The minimum Gasteiger partial charge on any atom is -0.496 e. The molecular weight excluding hydrogens is 390 g/mol. The van der Waals surface area contributed by atoms with Gasteiger partial charge in [-0.3, -0.25) is 9.78 Å². The quantitative estimate of drug-likeness (QED) is 0.807. The number of pyridine rings is 1. The van der Waals surface area contributed by atoms with E-state index in [2.05, 4.69) is 29.4 Å². The van der Waals surface area contributed by atoms with Gasteiger partial charge in [0.1, 0.15) is 5.75 Å². The van der Waals surface area contributed by atoms with Crippen LogP contribution in [-0.4, -0.2) is 55.7 Å². The van der Waals surface area contributed by atoms with Crippen molar-refractivity contribution in [2.45, 2.75) is 13.3 Å². The topological polar surface area (TPSA) is 63.7 Å². The van der Waals surface area contributed by atoms with Crippen LogP contribution >= 0.6 is 12.4 Å². The molecule has 0 bridgehead atoms. The molecule has 4 rings (SSSR count). The van der Waals surface area contributed by atoms with Crippen molar-refractivity contribution >= 4 is 30.1 Å². The zero-order chi connectivity index (χ0) is 19.5. The van der Waals surface area contributed by atoms with E-state index in [1.165, 1.54) is 0 Å². The minimum absolute atomic E-state index is 0. The Balaban J connectivity index is 0.00000240. The number of morpholine rings is 1. The van der Waals surface area contributed by atoms with Gasteiger partial charge in [0.15, 0.2) is 0 Å². The maximum absolute atomic E-state index is 12.8. The first-order chi connectivity index (χ1) is 13.7. The number of hydrogen-bond acceptors (Lipinski definition) is 5. The normalized spacial score (nSPS) is 14.9. The Hall–Kier alpha value is -2.57. The number of ether oxygens (including phenoxy) is 2. The van der Waals surface area contributed by atoms with Crippen LogP contribution in [0.5, 0.6) is 5.75 Å². The minimum atomic E-state index is 0. The summed E-state index contributed by atoms with van der Waals surface area (Å²) >= 11 is 0. The Bertz CT molecular complexity index is 924. The van der Waals surface area contributed by atoms with Gasteiger partial charge in [-0.15, -0.1) is 12.4 Å². The largest absolute Gasteiger partial charge is 0.496 e. The highest BCUT2D eigenvalue weighted by atomic mass is 35.5. The number of carbonyl (C=O) groups excluding carboxylic acids is 1. The smallest absolute Gasteiger partial charge is 0.254 e. The zero-order valence-corrected chi connectivity index (χ0v) is 17.6. The molecule has 1 fully saturated rings. The van der Waals surface area contributed by atoms with E-state index in [0.29, 0.717) is 37.6 Å². The third-order valence-corrected chi connectivity index (χ3v) is 5.19. The number of aromatic nitrogens is 1. The van der Waals surface area contributed by atoms with E-state index in [1.54, 1.807) is 7.11 Å². The lowest BCUT2D eigenvalue weighted by molar-refractivity contribution is 0.0302. The first-order valence-corrected chi connectivity index (χ1v) is 9.70. The monoisotopic (exact) mass is 415 g/mol. The molecule has 6 nitrogen and oxygen atoms in total. The van der Waals surface area contributed by atoms with Gasteiger partial charge in [-0.05, 0) is 25.1 Å². The number of amides is 1. The molecule has 1 aliphatic heterocycles. The van der Waals surface area contributed by atoms with E-state index in [1.807, 2.05) is 29.3 Å². The van der Waals surface area contributed by atoms with Crippen molar-refractivity contribution in [2.24, 2.45) is 0 Å². The van der Waals surface area contributed by atoms with Gasteiger partial charge in [-0.1, -0.05) is 12.2 Å². The van der Waals surface area contributed by atoms with Gasteiger partial charge in [-0.25, -0.2) is 0 Å². The molecule has 7 heteroatoms. The van der Waals surface area contributed by atoms with Crippen molar-refractivity contribution in [3.05, 3.63) is 47.3 Å². The predicted molar refractivity (Wildman–Crippen MR) is 117 cm³/mol. The van der Waals surface area contributed by atoms with Gasteiger partial charge in [-0.2, -0.15) is 0 Å². The van der Waals surface area contributed by atoms with Crippen LogP contribution in [0.3, 0.4) is 0 Å². The highest BCUT2D eigenvalue weighted by Crippen LogP contribution is 2.39. The van der Waals surface area contributed by atoms with Crippen LogP contribution in [0.4, 0.5) is 5.69 Å². The second-order valence-electron chi connectivity index (χ2n) is 6.86. The lowest BCUT2D eigenvalue weighted by Crippen LogP contribution is -2.40. The average Bonchev–Trinajstić information content (AvgIpc) is 3.23. The van der Waals surface area contributed by atoms with E-state index >= 15 is 0 Å². The molecule has 0 atom stereocenters. The molecule has 1 amide bonds. The van der Waals surface area contributed by atoms with Crippen LogP contribution in [0.25, 0.3) is 17.2 Å². The number of hydrogen-bond donors (Lipinski definition) is 1. The first kappa shape index (κ1) is 21.1. The van der Waals surface area contributed by atoms with Gasteiger partial charge in [0.25, 0.3) is 5.91 Å². The van der Waals surface area contributed by atoms with Crippen molar-refractivity contribution in [3.63, 3.8) is 0 Å². The summed E-state index contributed by atoms with van der Waals surface area (Å²) in [5.74, 6) is 0.678. The molecule has 2 aromatic rings. The molecule has 154 valence electrons. The van der Waals surface area contributed by atoms with Crippen LogP contribution in [0.15, 0.2) is 30.5 Å². The molecule has 2 aliphatic rings. The summed E-state index contributed by atoms with van der Waals surface area (Å²) in [4.78, 5) is 19.3. The number of nitrogens with one attached hydrogen (secondary N) is 1. The number of methoxy groups -OCH3 is 1. The van der Waals surface area contributed by atoms with E-state index < -0.39 is 0 Å². The molecule has 2 heterocycles. The summed E-state index contributed by atoms with van der Waals surface area (Å²) in [5, 5.41) is 3.48. The number of anilines is 1. The fourth-order valence-electron chi connectivity index (χ4n) is 3.76. The molecule has 1 aromatic carbocycles. The molecule has 1 aromatic heterocycles. The number of allylic oxidation sites excluding steroid dienone is 1. The molecular formula is C22H26ClN3O3. The van der Waals surface area contributed by atoms with Crippen molar-refractivity contribution in [3.8, 4) is 16.9 Å². The Labute approximate surface area is 177 Å². The summed E-state index contributed by atoms with van der Waals surface area (Å²) < 4.78 is 11.0. The van der Waals surface area contributed by atoms with Crippen LogP contribution in [0.1, 0.15) is 28.5 Å². The van der Waals surface area contributed by atoms with E-state index in [4.69, 9.17) is 9.47 Å². The Morgan fingerprint density at radius 3 is 2.79 bits per heavy atom. The van der Waals surface area contributed by atoms with Crippen molar-refractivity contribution < 1.29 is 14.3 Å². The lowest BCUT2D eigenvalue weighted by Gasteiger charge is -2.27. The van der Waals surface area contributed by atoms with Crippen LogP contribution < -0.4 is 10.1 Å². The lowest BCUT2D eigenvalue weighted by atomic mass is 9.99. The van der Waals surface area contributed by atoms with Crippen LogP contribution in [-0.2, 0) is 11.2 Å². The Kier molecular flexibility index (Phi) is 6.77. The molecule has 0 unspecified atom stereocenters. The average molecular weight is 416 g/mol. The fraction of sp³-hybridized carbons (Fsp3) is 0.364. The standard InChI is InChI=1S/C22H25N3O3.ClH/c1-3-23-21-17-5-4-6-19(17)24-14-18(21)16-8-7-15(13-20(16)27-2)22(26)25-9-11-28-12-10-25;/h4-5,7-8,13-14H,3,6,9-12H2,1-2H3,(H,23,24);1H. The second-order valence-corrected chi connectivity index (χ2v) is 6.86. The number of fused-ring (bicyclic) bond motifs is 1. The van der Waals surface area contributed by atoms with Crippen molar-refractivity contribution in [2.75, 3.05) is 45.3 Å². The molecule has 0 spiro atoms. The third kappa shape index (κ3) is 4.09. The van der Waals surface area contributed by atoms with Gasteiger partial charge < -0.3 is 19.7 Å². The zero-order valence-electron chi connectivity index (χ0n) is 16.7. The van der Waals surface area contributed by atoms with Gasteiger partial charge in [0.2, 0.25) is 0 Å². The number of halogens is 1. The predicted octanol–water partition coefficient (Wildman–Crippen LogP) is 3.65. The van der Waals surface area contributed by atoms with E-state index in [9.17, 15) is 4.79 Å². The van der Waals surface area contributed by atoms with E-state index in [0.717, 1.165) is 41.0 Å². The molecule has 0 radical (unpaired) electrons. The van der Waals surface area contributed by atoms with Gasteiger partial charge >= 0.3 is 0 Å². The summed E-state index contributed by atoms with van der Waals surface area (Å²) in [6.45, 7) is 5.30. The third-order valence-electron chi connectivity index (χ3n) is 5.19. The number of rotatable bonds is 5. The molecule has 1 saturated heterocycles. The maximum atomic E-state index is 12.8. The number of benzene rings is 1. The Morgan fingerprint density at radius 1 is 1.28 bits per heavy atom. The maximum Gasteiger partial charge on any atom is 0.254 e. The summed E-state index contributed by atoms with van der Waals surface area (Å²) in [6, 6.07) is 5.65. The second kappa shape index (κ2) is 9.29. The van der Waals surface area contributed by atoms with Crippen molar-refractivity contribution in [1.29, 1.82) is 0 Å². The molecule has 29 heavy (non-hydrogen) atoms. The molecule has 1 aliphatic carbocycles. The van der Waals surface area contributed by atoms with E-state index in [-0.39, 0.29) is 18.3 Å². The SMILES string of the molecule is CCNc1c(-c2ccc(C(=O)N3CCOCC3)cc2OC)cnc2c1C=CC2.Cl. The Morgan fingerprint density at radius 2 is 2.07 bits per heavy atom. The molecule has 0 saturated carbocycles. The number of carbonyl (C=O) groups is 1. The summed E-state index contributed by atoms with van der Waals surface area (Å²) in [6.07, 6.45) is 7.00. The van der Waals surface area contributed by atoms with Crippen LogP contribution in [0, 0.1) is 0 Å². The highest BCUT2D eigenvalue weighted by Gasteiger charge is 2.22. The summed E-state index contributed by atoms with van der Waals surface area (Å²) in [5.41, 5.74) is 5.81. The fourth-order valence-corrected chi connectivity index (χ4v) is 3.76. The highest BCUT2D eigenvalue weighted by molar-refractivity contribution is 5.96.